The van der Waals surface area contributed by atoms with Crippen LogP contribution in [0.3, 0.4) is 0 Å². The Morgan fingerprint density at radius 3 is 2.22 bits per heavy atom. The van der Waals surface area contributed by atoms with E-state index in [0.29, 0.717) is 6.61 Å². The predicted octanol–water partition coefficient (Wildman–Crippen LogP) is 4.09. The van der Waals surface area contributed by atoms with E-state index >= 15 is 0 Å². The number of carbonyl (C=O) groups excluding carboxylic acids is 2. The molecular weight excluding hydrogens is 236 g/mol. The summed E-state index contributed by atoms with van der Waals surface area (Å²) in [5, 5.41) is 6.18. The van der Waals surface area contributed by atoms with Crippen LogP contribution in [0.15, 0.2) is 10.2 Å². The van der Waals surface area contributed by atoms with E-state index in [1.165, 1.54) is 12.8 Å². The van der Waals surface area contributed by atoms with E-state index in [4.69, 9.17) is 4.74 Å². The second-order valence-electron chi connectivity index (χ2n) is 4.16. The molecule has 0 bridgehead atoms. The summed E-state index contributed by atoms with van der Waals surface area (Å²) in [6.07, 6.45) is 3.30. The molecule has 0 heterocycles. The fourth-order valence-corrected chi connectivity index (χ4v) is 1.20. The molecular formula is C12H22N2O4. The summed E-state index contributed by atoms with van der Waals surface area (Å²) >= 11 is 0. The highest BCUT2D eigenvalue weighted by molar-refractivity contribution is 5.73. The lowest BCUT2D eigenvalue weighted by molar-refractivity contribution is 0.121. The Morgan fingerprint density at radius 1 is 1.00 bits per heavy atom. The zero-order valence-corrected chi connectivity index (χ0v) is 11.3. The molecule has 0 saturated heterocycles. The van der Waals surface area contributed by atoms with Gasteiger partial charge in [-0.25, -0.2) is 9.59 Å². The highest BCUT2D eigenvalue weighted by Gasteiger charge is 2.05. The average molecular weight is 258 g/mol. The van der Waals surface area contributed by atoms with Gasteiger partial charge in [-0.3, -0.25) is 0 Å². The Labute approximate surface area is 108 Å². The predicted molar refractivity (Wildman–Crippen MR) is 66.6 cm³/mol. The van der Waals surface area contributed by atoms with Crippen LogP contribution in [0.4, 0.5) is 9.59 Å². The fourth-order valence-electron chi connectivity index (χ4n) is 1.20. The van der Waals surface area contributed by atoms with Gasteiger partial charge < -0.3 is 9.47 Å². The van der Waals surface area contributed by atoms with Crippen LogP contribution < -0.4 is 0 Å². The molecule has 0 radical (unpaired) electrons. The Hall–Kier alpha value is -1.46. The normalized spacial score (nSPS) is 10.9. The number of rotatable bonds is 7. The van der Waals surface area contributed by atoms with Gasteiger partial charge in [-0.2, -0.15) is 0 Å². The molecule has 0 aromatic rings. The van der Waals surface area contributed by atoms with Crippen LogP contribution in [-0.4, -0.2) is 24.9 Å². The van der Waals surface area contributed by atoms with Gasteiger partial charge in [0.15, 0.2) is 0 Å². The van der Waals surface area contributed by atoms with Crippen molar-refractivity contribution in [2.75, 3.05) is 6.61 Å². The quantitative estimate of drug-likeness (QED) is 0.509. The number of unbranched alkanes of at least 4 members (excludes halogenated alkanes) is 4. The van der Waals surface area contributed by atoms with Crippen molar-refractivity contribution in [3.8, 4) is 0 Å². The summed E-state index contributed by atoms with van der Waals surface area (Å²) in [5.41, 5.74) is 0. The van der Waals surface area contributed by atoms with Crippen LogP contribution in [0.1, 0.15) is 52.9 Å². The maximum Gasteiger partial charge on any atom is 0.452 e. The zero-order chi connectivity index (χ0) is 13.8. The van der Waals surface area contributed by atoms with Crippen molar-refractivity contribution in [1.29, 1.82) is 0 Å². The first-order valence-electron chi connectivity index (χ1n) is 6.35. The molecule has 0 spiro atoms. The van der Waals surface area contributed by atoms with Gasteiger partial charge in [0.25, 0.3) is 0 Å². The molecule has 0 aliphatic rings. The summed E-state index contributed by atoms with van der Waals surface area (Å²) < 4.78 is 9.43. The summed E-state index contributed by atoms with van der Waals surface area (Å²) in [5.74, 6) is 0. The molecule has 6 nitrogen and oxygen atoms in total. The third kappa shape index (κ3) is 11.0. The highest BCUT2D eigenvalue weighted by Crippen LogP contribution is 2.03. The maximum absolute atomic E-state index is 11.0. The summed E-state index contributed by atoms with van der Waals surface area (Å²) in [6, 6.07) is 0. The number of nitrogens with zero attached hydrogens (tertiary/aromatic N) is 2. The number of carbonyl (C=O) groups is 2. The third-order valence-electron chi connectivity index (χ3n) is 2.02. The molecule has 0 unspecified atom stereocenters. The van der Waals surface area contributed by atoms with Gasteiger partial charge in [0.05, 0.1) is 12.7 Å². The number of hydrogen-bond acceptors (Lipinski definition) is 4. The van der Waals surface area contributed by atoms with Crippen molar-refractivity contribution in [2.24, 2.45) is 10.2 Å². The number of amides is 2. The number of hydrogen-bond donors (Lipinski definition) is 0. The number of ether oxygens (including phenoxy) is 2. The highest BCUT2D eigenvalue weighted by atomic mass is 16.6. The second kappa shape index (κ2) is 10.7. The van der Waals surface area contributed by atoms with Gasteiger partial charge in [-0.15, -0.1) is 0 Å². The smallest absolute Gasteiger partial charge is 0.447 e. The van der Waals surface area contributed by atoms with Gasteiger partial charge in [0.2, 0.25) is 0 Å². The van der Waals surface area contributed by atoms with Crippen LogP contribution in [-0.2, 0) is 9.47 Å². The van der Waals surface area contributed by atoms with Crippen LogP contribution in [0, 0.1) is 0 Å². The van der Waals surface area contributed by atoms with Gasteiger partial charge in [-0.05, 0) is 20.3 Å². The first-order valence-corrected chi connectivity index (χ1v) is 6.35. The molecule has 6 heteroatoms. The number of azo groups is 1. The fraction of sp³-hybridized carbons (Fsp3) is 0.833. The van der Waals surface area contributed by atoms with E-state index < -0.39 is 12.2 Å². The molecule has 2 amide bonds. The SMILES string of the molecule is CCCCCCCOC(=O)/N=N/C(=O)OC(C)C. The van der Waals surface area contributed by atoms with E-state index in [0.717, 1.165) is 19.3 Å². The van der Waals surface area contributed by atoms with Crippen LogP contribution in [0.25, 0.3) is 0 Å². The Balaban J connectivity index is 3.58. The van der Waals surface area contributed by atoms with Crippen molar-refractivity contribution in [3.63, 3.8) is 0 Å². The summed E-state index contributed by atoms with van der Waals surface area (Å²) in [4.78, 5) is 21.9. The average Bonchev–Trinajstić information content (AvgIpc) is 2.30. The molecule has 104 valence electrons. The molecule has 0 aliphatic carbocycles. The molecule has 0 atom stereocenters. The first kappa shape index (κ1) is 16.5. The summed E-state index contributed by atoms with van der Waals surface area (Å²) in [6.45, 7) is 5.81. The minimum Gasteiger partial charge on any atom is -0.447 e. The van der Waals surface area contributed by atoms with Gasteiger partial charge in [0.1, 0.15) is 0 Å². The van der Waals surface area contributed by atoms with Gasteiger partial charge >= 0.3 is 12.2 Å². The van der Waals surface area contributed by atoms with E-state index in [9.17, 15) is 9.59 Å². The molecule has 0 N–H and O–H groups in total. The molecule has 0 aliphatic heterocycles. The van der Waals surface area contributed by atoms with Gasteiger partial charge in [0, 0.05) is 0 Å². The van der Waals surface area contributed by atoms with Crippen molar-refractivity contribution >= 4 is 12.2 Å². The lowest BCUT2D eigenvalue weighted by Gasteiger charge is -2.02. The van der Waals surface area contributed by atoms with E-state index in [2.05, 4.69) is 21.9 Å². The lowest BCUT2D eigenvalue weighted by Crippen LogP contribution is -2.07. The maximum atomic E-state index is 11.0. The van der Waals surface area contributed by atoms with Crippen molar-refractivity contribution < 1.29 is 19.1 Å². The van der Waals surface area contributed by atoms with E-state index in [1.807, 2.05) is 0 Å². The largest absolute Gasteiger partial charge is 0.452 e. The second-order valence-corrected chi connectivity index (χ2v) is 4.16. The molecule has 18 heavy (non-hydrogen) atoms. The van der Waals surface area contributed by atoms with Crippen LogP contribution >= 0.6 is 0 Å². The van der Waals surface area contributed by atoms with Crippen molar-refractivity contribution in [2.45, 2.75) is 59.0 Å². The third-order valence-corrected chi connectivity index (χ3v) is 2.02. The molecule has 0 aromatic heterocycles. The van der Waals surface area contributed by atoms with Crippen molar-refractivity contribution in [3.05, 3.63) is 0 Å². The van der Waals surface area contributed by atoms with E-state index in [1.54, 1.807) is 13.8 Å². The standard InChI is InChI=1S/C12H22N2O4/c1-4-5-6-7-8-9-17-11(15)13-14-12(16)18-10(2)3/h10H,4-9H2,1-3H3/b14-13+. The van der Waals surface area contributed by atoms with Gasteiger partial charge in [-0.1, -0.05) is 42.8 Å². The van der Waals surface area contributed by atoms with E-state index in [-0.39, 0.29) is 6.10 Å². The first-order chi connectivity index (χ1) is 8.56. The Morgan fingerprint density at radius 2 is 1.61 bits per heavy atom. The van der Waals surface area contributed by atoms with Crippen LogP contribution in [0.5, 0.6) is 0 Å². The topological polar surface area (TPSA) is 77.3 Å². The molecule has 0 saturated carbocycles. The summed E-state index contributed by atoms with van der Waals surface area (Å²) in [7, 11) is 0. The van der Waals surface area contributed by atoms with Crippen molar-refractivity contribution in [1.82, 2.24) is 0 Å². The zero-order valence-electron chi connectivity index (χ0n) is 11.3. The molecule has 0 rings (SSSR count). The van der Waals surface area contributed by atoms with Crippen LogP contribution in [0.2, 0.25) is 0 Å². The monoisotopic (exact) mass is 258 g/mol. The Kier molecular flexibility index (Phi) is 9.81. The molecule has 0 aromatic carbocycles. The minimum atomic E-state index is -0.884. The minimum absolute atomic E-state index is 0.286. The lowest BCUT2D eigenvalue weighted by atomic mass is 10.2. The Bertz CT molecular complexity index is 277. The molecule has 0 fully saturated rings.